The van der Waals surface area contributed by atoms with Gasteiger partial charge in [-0.05, 0) is 13.1 Å². The van der Waals surface area contributed by atoms with E-state index < -0.39 is 0 Å². The smallest absolute Gasteiger partial charge is 0.147 e. The van der Waals surface area contributed by atoms with Crippen LogP contribution in [-0.4, -0.2) is 26.5 Å². The molecule has 0 rings (SSSR count). The lowest BCUT2D eigenvalue weighted by atomic mass is 10.3. The van der Waals surface area contributed by atoms with Gasteiger partial charge in [0.05, 0.1) is 5.70 Å². The average Bonchev–Trinajstić information content (AvgIpc) is 2.16. The number of aliphatic imine (C=N–C) groups is 2. The van der Waals surface area contributed by atoms with Crippen LogP contribution in [0.4, 0.5) is 0 Å². The highest BCUT2D eigenvalue weighted by molar-refractivity contribution is 5.78. The Balaban J connectivity index is 4.18. The molecule has 0 aromatic heterocycles. The molecule has 0 saturated carbocycles. The molecule has 0 bridgehead atoms. The lowest BCUT2D eigenvalue weighted by Gasteiger charge is -2.06. The Hall–Kier alpha value is -1.32. The molecule has 0 amide bonds. The molecule has 0 fully saturated rings. The van der Waals surface area contributed by atoms with Crippen molar-refractivity contribution < 1.29 is 0 Å². The third kappa shape index (κ3) is 5.00. The molecular formula is C9H18N4. The van der Waals surface area contributed by atoms with Crippen molar-refractivity contribution in [2.75, 3.05) is 13.6 Å². The average molecular weight is 182 g/mol. The molecule has 0 aromatic rings. The van der Waals surface area contributed by atoms with Crippen molar-refractivity contribution in [2.45, 2.75) is 19.8 Å². The molecule has 4 heteroatoms. The van der Waals surface area contributed by atoms with Crippen LogP contribution in [0, 0.1) is 0 Å². The van der Waals surface area contributed by atoms with Crippen LogP contribution in [0.1, 0.15) is 19.8 Å². The second kappa shape index (κ2) is 7.34. The molecule has 13 heavy (non-hydrogen) atoms. The third-order valence-corrected chi connectivity index (χ3v) is 1.55. The summed E-state index contributed by atoms with van der Waals surface area (Å²) in [6.07, 6.45) is 3.90. The molecule has 0 aliphatic carbocycles. The first-order valence-corrected chi connectivity index (χ1v) is 4.38. The monoisotopic (exact) mass is 182 g/mol. The normalized spacial score (nSPS) is 12.8. The van der Waals surface area contributed by atoms with Gasteiger partial charge in [-0.25, -0.2) is 4.99 Å². The summed E-state index contributed by atoms with van der Waals surface area (Å²) in [6, 6.07) is 0. The van der Waals surface area contributed by atoms with E-state index in [0.717, 1.165) is 25.1 Å². The highest BCUT2D eigenvalue weighted by Gasteiger charge is 1.96. The molecule has 0 radical (unpaired) electrons. The van der Waals surface area contributed by atoms with E-state index in [0.29, 0.717) is 5.82 Å². The number of rotatable bonds is 6. The van der Waals surface area contributed by atoms with Gasteiger partial charge >= 0.3 is 0 Å². The molecule has 0 spiro atoms. The Bertz CT molecular complexity index is 206. The zero-order valence-electron chi connectivity index (χ0n) is 8.38. The van der Waals surface area contributed by atoms with E-state index in [-0.39, 0.29) is 0 Å². The van der Waals surface area contributed by atoms with Crippen LogP contribution in [0.25, 0.3) is 0 Å². The van der Waals surface area contributed by atoms with Gasteiger partial charge in [-0.1, -0.05) is 13.3 Å². The fourth-order valence-corrected chi connectivity index (χ4v) is 0.816. The fourth-order valence-electron chi connectivity index (χ4n) is 0.816. The summed E-state index contributed by atoms with van der Waals surface area (Å²) in [4.78, 5) is 7.51. The summed E-state index contributed by atoms with van der Waals surface area (Å²) in [5.41, 5.74) is 6.32. The molecule has 0 atom stereocenters. The first-order valence-electron chi connectivity index (χ1n) is 4.38. The van der Waals surface area contributed by atoms with Gasteiger partial charge in [0.1, 0.15) is 5.82 Å². The number of allylic oxidation sites excluding steroid dienone is 1. The third-order valence-electron chi connectivity index (χ3n) is 1.55. The molecule has 74 valence electrons. The summed E-state index contributed by atoms with van der Waals surface area (Å²) in [6.45, 7) is 6.37. The van der Waals surface area contributed by atoms with Gasteiger partial charge in [-0.2, -0.15) is 0 Å². The zero-order chi connectivity index (χ0) is 10.1. The molecule has 0 unspecified atom stereocenters. The van der Waals surface area contributed by atoms with Crippen molar-refractivity contribution in [3.63, 3.8) is 0 Å². The Kier molecular flexibility index (Phi) is 6.59. The van der Waals surface area contributed by atoms with Gasteiger partial charge in [0.15, 0.2) is 0 Å². The van der Waals surface area contributed by atoms with Crippen LogP contribution >= 0.6 is 0 Å². The van der Waals surface area contributed by atoms with E-state index >= 15 is 0 Å². The number of nitrogens with two attached hydrogens (primary N) is 1. The molecule has 0 heterocycles. The summed E-state index contributed by atoms with van der Waals surface area (Å²) >= 11 is 0. The van der Waals surface area contributed by atoms with Crippen LogP contribution in [0.2, 0.25) is 0 Å². The van der Waals surface area contributed by atoms with Crippen LogP contribution in [0.15, 0.2) is 21.5 Å². The lowest BCUT2D eigenvalue weighted by molar-refractivity contribution is 0.720. The number of hydrogen-bond acceptors (Lipinski definition) is 4. The highest BCUT2D eigenvalue weighted by Crippen LogP contribution is 1.94. The highest BCUT2D eigenvalue weighted by atomic mass is 15.0. The van der Waals surface area contributed by atoms with Crippen LogP contribution in [0.5, 0.6) is 0 Å². The predicted molar refractivity (Wildman–Crippen MR) is 58.1 cm³/mol. The molecule has 3 N–H and O–H groups in total. The minimum atomic E-state index is 0.390. The number of nitrogens with zero attached hydrogens (tertiary/aromatic N) is 2. The van der Waals surface area contributed by atoms with Gasteiger partial charge in [-0.3, -0.25) is 4.99 Å². The van der Waals surface area contributed by atoms with Crippen LogP contribution < -0.4 is 11.1 Å². The second-order valence-electron chi connectivity index (χ2n) is 2.62. The van der Waals surface area contributed by atoms with Crippen molar-refractivity contribution in [1.82, 2.24) is 5.32 Å². The topological polar surface area (TPSA) is 62.8 Å². The standard InChI is InChI=1S/C9H18N4/c1-4-5-6-13-8(7-11-2)9(10)12-3/h7,13H,3-6,10H2,1-2H3/b9-8+,11-7-. The summed E-state index contributed by atoms with van der Waals surface area (Å²) < 4.78 is 0. The summed E-state index contributed by atoms with van der Waals surface area (Å²) in [5.74, 6) is 0.390. The van der Waals surface area contributed by atoms with Crippen molar-refractivity contribution >= 4 is 12.9 Å². The number of nitrogens with one attached hydrogen (secondary N) is 1. The largest absolute Gasteiger partial charge is 0.382 e. The fraction of sp³-hybridized carbons (Fsp3) is 0.556. The summed E-state index contributed by atoms with van der Waals surface area (Å²) in [7, 11) is 1.69. The van der Waals surface area contributed by atoms with Crippen LogP contribution in [0.3, 0.4) is 0 Å². The Morgan fingerprint density at radius 3 is 2.77 bits per heavy atom. The van der Waals surface area contributed by atoms with Gasteiger partial charge in [-0.15, -0.1) is 0 Å². The minimum absolute atomic E-state index is 0.390. The maximum absolute atomic E-state index is 5.58. The Morgan fingerprint density at radius 2 is 2.31 bits per heavy atom. The van der Waals surface area contributed by atoms with E-state index in [9.17, 15) is 0 Å². The van der Waals surface area contributed by atoms with Crippen molar-refractivity contribution in [3.05, 3.63) is 11.5 Å². The number of unbranched alkanes of at least 4 members (excludes halogenated alkanes) is 1. The first kappa shape index (κ1) is 11.7. The van der Waals surface area contributed by atoms with Crippen molar-refractivity contribution in [2.24, 2.45) is 15.7 Å². The Morgan fingerprint density at radius 1 is 1.62 bits per heavy atom. The van der Waals surface area contributed by atoms with Crippen LogP contribution in [-0.2, 0) is 0 Å². The predicted octanol–water partition coefficient (Wildman–Crippen LogP) is 0.905. The maximum atomic E-state index is 5.58. The second-order valence-corrected chi connectivity index (χ2v) is 2.62. The quantitative estimate of drug-likeness (QED) is 0.473. The van der Waals surface area contributed by atoms with E-state index in [2.05, 4.69) is 28.9 Å². The van der Waals surface area contributed by atoms with Gasteiger partial charge in [0.25, 0.3) is 0 Å². The maximum Gasteiger partial charge on any atom is 0.147 e. The van der Waals surface area contributed by atoms with Crippen molar-refractivity contribution in [1.29, 1.82) is 0 Å². The van der Waals surface area contributed by atoms with E-state index in [1.807, 2.05) is 0 Å². The van der Waals surface area contributed by atoms with E-state index in [1.54, 1.807) is 13.3 Å². The minimum Gasteiger partial charge on any atom is -0.382 e. The van der Waals surface area contributed by atoms with Gasteiger partial charge < -0.3 is 11.1 Å². The zero-order valence-corrected chi connectivity index (χ0v) is 8.38. The molecular weight excluding hydrogens is 164 g/mol. The molecule has 0 aliphatic rings. The van der Waals surface area contributed by atoms with E-state index in [4.69, 9.17) is 5.73 Å². The molecule has 0 aromatic carbocycles. The van der Waals surface area contributed by atoms with Crippen molar-refractivity contribution in [3.8, 4) is 0 Å². The lowest BCUT2D eigenvalue weighted by Crippen LogP contribution is -2.20. The van der Waals surface area contributed by atoms with Gasteiger partial charge in [0.2, 0.25) is 0 Å². The van der Waals surface area contributed by atoms with Gasteiger partial charge in [0, 0.05) is 19.8 Å². The molecule has 0 aliphatic heterocycles. The Labute approximate surface area is 79.6 Å². The van der Waals surface area contributed by atoms with E-state index in [1.165, 1.54) is 0 Å². The summed E-state index contributed by atoms with van der Waals surface area (Å²) in [5, 5.41) is 3.14. The molecule has 4 nitrogen and oxygen atoms in total. The molecule has 0 saturated heterocycles. The first-order chi connectivity index (χ1) is 6.26. The number of hydrogen-bond donors (Lipinski definition) is 2. The SMILES string of the molecule is C=N/C(N)=C(\C=N/C)NCCCC.